The minimum atomic E-state index is 0.0659. The third-order valence-corrected chi connectivity index (χ3v) is 2.68. The highest BCUT2D eigenvalue weighted by Crippen LogP contribution is 2.28. The molecule has 0 aliphatic carbocycles. The van der Waals surface area contributed by atoms with Crippen molar-refractivity contribution in [2.45, 2.75) is 19.9 Å². The van der Waals surface area contributed by atoms with Gasteiger partial charge in [-0.3, -0.25) is 0 Å². The van der Waals surface area contributed by atoms with Crippen LogP contribution in [0, 0.1) is 0 Å². The predicted molar refractivity (Wildman–Crippen MR) is 78.4 cm³/mol. The molecule has 5 heteroatoms. The van der Waals surface area contributed by atoms with E-state index in [0.29, 0.717) is 19.8 Å². The Balaban J connectivity index is 2.38. The van der Waals surface area contributed by atoms with Gasteiger partial charge in [-0.2, -0.15) is 0 Å². The topological polar surface area (TPSA) is 60.0 Å². The van der Waals surface area contributed by atoms with Gasteiger partial charge in [0.1, 0.15) is 0 Å². The molecule has 0 heterocycles. The van der Waals surface area contributed by atoms with Crippen LogP contribution in [0.2, 0.25) is 0 Å². The van der Waals surface area contributed by atoms with Gasteiger partial charge in [-0.25, -0.2) is 0 Å². The first-order valence-electron chi connectivity index (χ1n) is 7.00. The highest BCUT2D eigenvalue weighted by Gasteiger charge is 2.05. The molecule has 1 rings (SSSR count). The minimum absolute atomic E-state index is 0.0659. The number of nitrogens with one attached hydrogen (secondary N) is 1. The second-order valence-corrected chi connectivity index (χ2v) is 4.35. The van der Waals surface area contributed by atoms with Crippen molar-refractivity contribution in [1.82, 2.24) is 5.32 Å². The molecule has 2 N–H and O–H groups in total. The number of benzene rings is 1. The summed E-state index contributed by atoms with van der Waals surface area (Å²) in [5.41, 5.74) is 1.13. The van der Waals surface area contributed by atoms with Crippen molar-refractivity contribution in [3.8, 4) is 11.5 Å². The van der Waals surface area contributed by atoms with Crippen LogP contribution in [-0.4, -0.2) is 45.2 Å². The lowest BCUT2D eigenvalue weighted by Gasteiger charge is -2.12. The molecular formula is C15H25NO4. The molecule has 5 nitrogen and oxygen atoms in total. The van der Waals surface area contributed by atoms with Gasteiger partial charge in [0.15, 0.2) is 11.5 Å². The summed E-state index contributed by atoms with van der Waals surface area (Å²) in [5.74, 6) is 1.54. The standard InChI is InChI=1S/C15H25NO4/c1-3-8-20-14-5-4-13(11-15(14)18-2)12-16-6-9-19-10-7-17/h4-5,11,16-17H,3,6-10,12H2,1-2H3. The van der Waals surface area contributed by atoms with Crippen LogP contribution in [0.1, 0.15) is 18.9 Å². The number of methoxy groups -OCH3 is 1. The van der Waals surface area contributed by atoms with E-state index in [1.54, 1.807) is 7.11 Å². The van der Waals surface area contributed by atoms with Gasteiger partial charge in [-0.15, -0.1) is 0 Å². The SMILES string of the molecule is CCCOc1ccc(CNCCOCCO)cc1OC. The van der Waals surface area contributed by atoms with Crippen LogP contribution in [0.4, 0.5) is 0 Å². The fourth-order valence-corrected chi connectivity index (χ4v) is 1.70. The van der Waals surface area contributed by atoms with Crippen LogP contribution < -0.4 is 14.8 Å². The number of hydrogen-bond acceptors (Lipinski definition) is 5. The van der Waals surface area contributed by atoms with E-state index in [0.717, 1.165) is 36.6 Å². The maximum absolute atomic E-state index is 8.57. The lowest BCUT2D eigenvalue weighted by Crippen LogP contribution is -2.20. The minimum Gasteiger partial charge on any atom is -0.493 e. The average Bonchev–Trinajstić information content (AvgIpc) is 2.49. The normalized spacial score (nSPS) is 10.6. The molecule has 114 valence electrons. The number of ether oxygens (including phenoxy) is 3. The summed E-state index contributed by atoms with van der Waals surface area (Å²) in [5, 5.41) is 11.8. The lowest BCUT2D eigenvalue weighted by atomic mass is 10.2. The zero-order chi connectivity index (χ0) is 14.6. The summed E-state index contributed by atoms with van der Waals surface area (Å²) in [6.07, 6.45) is 0.973. The lowest BCUT2D eigenvalue weighted by molar-refractivity contribution is 0.0938. The third-order valence-electron chi connectivity index (χ3n) is 2.68. The Morgan fingerprint density at radius 1 is 1.15 bits per heavy atom. The molecule has 0 saturated heterocycles. The van der Waals surface area contributed by atoms with E-state index in [2.05, 4.69) is 12.2 Å². The van der Waals surface area contributed by atoms with E-state index in [9.17, 15) is 0 Å². The molecule has 0 radical (unpaired) electrons. The second-order valence-electron chi connectivity index (χ2n) is 4.35. The molecule has 0 aliphatic heterocycles. The molecule has 1 aromatic rings. The summed E-state index contributed by atoms with van der Waals surface area (Å²) in [4.78, 5) is 0. The van der Waals surface area contributed by atoms with Gasteiger partial charge in [0, 0.05) is 13.1 Å². The Kier molecular flexibility index (Phi) is 8.78. The summed E-state index contributed by atoms with van der Waals surface area (Å²) < 4.78 is 16.1. The molecule has 0 aromatic heterocycles. The van der Waals surface area contributed by atoms with Crippen LogP contribution in [0.3, 0.4) is 0 Å². The number of aliphatic hydroxyl groups excluding tert-OH is 1. The van der Waals surface area contributed by atoms with Crippen molar-refractivity contribution in [2.24, 2.45) is 0 Å². The first kappa shape index (κ1) is 16.8. The fourth-order valence-electron chi connectivity index (χ4n) is 1.70. The van der Waals surface area contributed by atoms with Gasteiger partial charge in [0.05, 0.1) is 33.5 Å². The second kappa shape index (κ2) is 10.5. The van der Waals surface area contributed by atoms with Crippen molar-refractivity contribution < 1.29 is 19.3 Å². The van der Waals surface area contributed by atoms with Crippen LogP contribution in [0.15, 0.2) is 18.2 Å². The number of rotatable bonds is 11. The molecule has 0 saturated carbocycles. The Labute approximate surface area is 120 Å². The monoisotopic (exact) mass is 283 g/mol. The maximum atomic E-state index is 8.57. The maximum Gasteiger partial charge on any atom is 0.161 e. The van der Waals surface area contributed by atoms with Crippen LogP contribution >= 0.6 is 0 Å². The Bertz CT molecular complexity index is 371. The van der Waals surface area contributed by atoms with Crippen molar-refractivity contribution in [1.29, 1.82) is 0 Å². The van der Waals surface area contributed by atoms with Gasteiger partial charge in [-0.05, 0) is 24.1 Å². The largest absolute Gasteiger partial charge is 0.493 e. The average molecular weight is 283 g/mol. The van der Waals surface area contributed by atoms with E-state index in [1.807, 2.05) is 18.2 Å². The van der Waals surface area contributed by atoms with Crippen molar-refractivity contribution >= 4 is 0 Å². The summed E-state index contributed by atoms with van der Waals surface area (Å²) in [6, 6.07) is 5.94. The van der Waals surface area contributed by atoms with E-state index in [1.165, 1.54) is 0 Å². The molecule has 0 amide bonds. The Morgan fingerprint density at radius 2 is 2.00 bits per heavy atom. The van der Waals surface area contributed by atoms with E-state index in [-0.39, 0.29) is 6.61 Å². The van der Waals surface area contributed by atoms with Crippen LogP contribution in [0.5, 0.6) is 11.5 Å². The molecule has 20 heavy (non-hydrogen) atoms. The quantitative estimate of drug-likeness (QED) is 0.604. The van der Waals surface area contributed by atoms with Gasteiger partial charge in [0.2, 0.25) is 0 Å². The first-order valence-corrected chi connectivity index (χ1v) is 7.00. The smallest absolute Gasteiger partial charge is 0.161 e. The van der Waals surface area contributed by atoms with Crippen LogP contribution in [0.25, 0.3) is 0 Å². The molecule has 0 atom stereocenters. The molecule has 0 spiro atoms. The van der Waals surface area contributed by atoms with Crippen molar-refractivity contribution in [2.75, 3.05) is 40.1 Å². The van der Waals surface area contributed by atoms with E-state index < -0.39 is 0 Å². The molecule has 0 fully saturated rings. The predicted octanol–water partition coefficient (Wildman–Crippen LogP) is 1.58. The third kappa shape index (κ3) is 6.23. The number of aliphatic hydroxyl groups is 1. The summed E-state index contributed by atoms with van der Waals surface area (Å²) >= 11 is 0. The molecule has 0 bridgehead atoms. The Hall–Kier alpha value is -1.30. The zero-order valence-corrected chi connectivity index (χ0v) is 12.4. The van der Waals surface area contributed by atoms with Crippen molar-refractivity contribution in [3.05, 3.63) is 23.8 Å². The fraction of sp³-hybridized carbons (Fsp3) is 0.600. The first-order chi connectivity index (χ1) is 9.81. The van der Waals surface area contributed by atoms with E-state index in [4.69, 9.17) is 19.3 Å². The van der Waals surface area contributed by atoms with Crippen molar-refractivity contribution in [3.63, 3.8) is 0 Å². The van der Waals surface area contributed by atoms with E-state index >= 15 is 0 Å². The molecular weight excluding hydrogens is 258 g/mol. The van der Waals surface area contributed by atoms with Gasteiger partial charge >= 0.3 is 0 Å². The van der Waals surface area contributed by atoms with Gasteiger partial charge in [0.25, 0.3) is 0 Å². The molecule has 0 aliphatic rings. The summed E-state index contributed by atoms with van der Waals surface area (Å²) in [6.45, 7) is 5.30. The molecule has 1 aromatic carbocycles. The zero-order valence-electron chi connectivity index (χ0n) is 12.4. The highest BCUT2D eigenvalue weighted by molar-refractivity contribution is 5.42. The molecule has 0 unspecified atom stereocenters. The number of hydrogen-bond donors (Lipinski definition) is 2. The Morgan fingerprint density at radius 3 is 2.70 bits per heavy atom. The van der Waals surface area contributed by atoms with Crippen LogP contribution in [-0.2, 0) is 11.3 Å². The highest BCUT2D eigenvalue weighted by atomic mass is 16.5. The summed E-state index contributed by atoms with van der Waals surface area (Å²) in [7, 11) is 1.65. The van der Waals surface area contributed by atoms with Gasteiger partial charge in [-0.1, -0.05) is 13.0 Å². The van der Waals surface area contributed by atoms with Gasteiger partial charge < -0.3 is 24.6 Å².